The zero-order valence-corrected chi connectivity index (χ0v) is 18.8. The van der Waals surface area contributed by atoms with E-state index in [9.17, 15) is 29.7 Å². The third kappa shape index (κ3) is 3.18. The average Bonchev–Trinajstić information content (AvgIpc) is 2.74. The van der Waals surface area contributed by atoms with Crippen LogP contribution in [0, 0.1) is 11.8 Å². The molecule has 0 saturated heterocycles. The standard InChI is InChI=1S/C24H28N2O7/c1-4-8-33-14-7-5-6-11-9-12-10-13-18(26(2)3)20(28)17(23(25)31)22(30)24(13,32)21(29)16(12)19(27)15(11)14/h5-7,12-13,18,27,30,32H,4,8-10H2,1-3H3,(H2,25,31)/t12-,13-,18-,24-/m1/s1. The lowest BCUT2D eigenvalue weighted by Crippen LogP contribution is -2.65. The van der Waals surface area contributed by atoms with Crippen molar-refractivity contribution in [3.05, 3.63) is 46.2 Å². The van der Waals surface area contributed by atoms with Crippen molar-refractivity contribution in [1.82, 2.24) is 4.90 Å². The smallest absolute Gasteiger partial charge is 0.255 e. The molecule has 1 amide bonds. The summed E-state index contributed by atoms with van der Waals surface area (Å²) in [5.41, 5.74) is 3.09. The number of aliphatic hydroxyl groups excluding tert-OH is 2. The fourth-order valence-corrected chi connectivity index (χ4v) is 5.50. The fraction of sp³-hybridized carbons (Fsp3) is 0.458. The van der Waals surface area contributed by atoms with E-state index in [0.29, 0.717) is 24.3 Å². The van der Waals surface area contributed by atoms with Gasteiger partial charge in [0.2, 0.25) is 5.78 Å². The Morgan fingerprint density at radius 3 is 2.58 bits per heavy atom. The molecule has 1 saturated carbocycles. The Morgan fingerprint density at radius 2 is 1.97 bits per heavy atom. The minimum absolute atomic E-state index is 0.0453. The molecule has 9 nitrogen and oxygen atoms in total. The van der Waals surface area contributed by atoms with Crippen molar-refractivity contribution in [2.24, 2.45) is 17.6 Å². The summed E-state index contributed by atoms with van der Waals surface area (Å²) in [6.07, 6.45) is 1.27. The zero-order chi connectivity index (χ0) is 24.2. The minimum atomic E-state index is -2.57. The summed E-state index contributed by atoms with van der Waals surface area (Å²) in [5.74, 6) is -5.38. The molecule has 0 heterocycles. The summed E-state index contributed by atoms with van der Waals surface area (Å²) < 4.78 is 5.76. The minimum Gasteiger partial charge on any atom is -0.508 e. The van der Waals surface area contributed by atoms with Crippen molar-refractivity contribution < 1.29 is 34.4 Å². The third-order valence-corrected chi connectivity index (χ3v) is 6.90. The Hall–Kier alpha value is -3.17. The fourth-order valence-electron chi connectivity index (χ4n) is 5.50. The van der Waals surface area contributed by atoms with Gasteiger partial charge in [0.25, 0.3) is 5.91 Å². The molecule has 5 N–H and O–H groups in total. The highest BCUT2D eigenvalue weighted by molar-refractivity contribution is 6.24. The van der Waals surface area contributed by atoms with E-state index in [4.69, 9.17) is 10.5 Å². The summed E-state index contributed by atoms with van der Waals surface area (Å²) in [7, 11) is 3.18. The van der Waals surface area contributed by atoms with Gasteiger partial charge in [0, 0.05) is 11.5 Å². The first-order valence-corrected chi connectivity index (χ1v) is 10.9. The predicted molar refractivity (Wildman–Crippen MR) is 118 cm³/mol. The topological polar surface area (TPSA) is 150 Å². The van der Waals surface area contributed by atoms with Crippen molar-refractivity contribution >= 4 is 23.2 Å². The van der Waals surface area contributed by atoms with E-state index in [1.165, 1.54) is 4.90 Å². The quantitative estimate of drug-likeness (QED) is 0.480. The zero-order valence-electron chi connectivity index (χ0n) is 18.8. The lowest BCUT2D eigenvalue weighted by molar-refractivity contribution is -0.153. The number of benzene rings is 1. The monoisotopic (exact) mass is 456 g/mol. The van der Waals surface area contributed by atoms with Crippen LogP contribution in [-0.4, -0.2) is 70.0 Å². The maximum Gasteiger partial charge on any atom is 0.255 e. The van der Waals surface area contributed by atoms with Crippen molar-refractivity contribution in [1.29, 1.82) is 0 Å². The van der Waals surface area contributed by atoms with Crippen molar-refractivity contribution in [3.8, 4) is 5.75 Å². The highest BCUT2D eigenvalue weighted by Crippen LogP contribution is 2.52. The van der Waals surface area contributed by atoms with Gasteiger partial charge in [-0.3, -0.25) is 19.3 Å². The highest BCUT2D eigenvalue weighted by atomic mass is 16.5. The van der Waals surface area contributed by atoms with Crippen LogP contribution in [0.25, 0.3) is 5.76 Å². The van der Waals surface area contributed by atoms with Gasteiger partial charge in [-0.25, -0.2) is 0 Å². The summed E-state index contributed by atoms with van der Waals surface area (Å²) in [5, 5.41) is 33.6. The molecular formula is C24H28N2O7. The molecule has 1 fully saturated rings. The second-order valence-electron chi connectivity index (χ2n) is 9.10. The molecule has 0 spiro atoms. The molecule has 4 atom stereocenters. The third-order valence-electron chi connectivity index (χ3n) is 6.90. The molecule has 33 heavy (non-hydrogen) atoms. The number of nitrogens with zero attached hydrogens (tertiary/aromatic N) is 1. The van der Waals surface area contributed by atoms with Crippen LogP contribution >= 0.6 is 0 Å². The van der Waals surface area contributed by atoms with Gasteiger partial charge in [-0.1, -0.05) is 19.1 Å². The number of carbonyl (C=O) groups excluding carboxylic acids is 3. The molecule has 3 aliphatic rings. The van der Waals surface area contributed by atoms with Gasteiger partial charge in [0.1, 0.15) is 22.8 Å². The average molecular weight is 456 g/mol. The maximum absolute atomic E-state index is 13.7. The molecule has 0 aliphatic heterocycles. The molecule has 0 aromatic heterocycles. The number of ether oxygens (including phenoxy) is 1. The number of nitrogens with two attached hydrogens (primary N) is 1. The Morgan fingerprint density at radius 1 is 1.27 bits per heavy atom. The van der Waals surface area contributed by atoms with Crippen molar-refractivity contribution in [3.63, 3.8) is 0 Å². The Kier molecular flexibility index (Phi) is 5.58. The van der Waals surface area contributed by atoms with Crippen LogP contribution in [0.4, 0.5) is 0 Å². The number of likely N-dealkylation sites (N-methyl/N-ethyl adjacent to an activating group) is 1. The lowest BCUT2D eigenvalue weighted by Gasteiger charge is -2.50. The van der Waals surface area contributed by atoms with Gasteiger partial charge < -0.3 is 25.8 Å². The van der Waals surface area contributed by atoms with Crippen LogP contribution in [-0.2, 0) is 20.8 Å². The van der Waals surface area contributed by atoms with Crippen LogP contribution in [0.3, 0.4) is 0 Å². The van der Waals surface area contributed by atoms with Crippen LogP contribution in [0.2, 0.25) is 0 Å². The summed E-state index contributed by atoms with van der Waals surface area (Å²) in [6.45, 7) is 2.36. The largest absolute Gasteiger partial charge is 0.508 e. The van der Waals surface area contributed by atoms with Gasteiger partial charge in [-0.2, -0.15) is 0 Å². The van der Waals surface area contributed by atoms with Crippen LogP contribution < -0.4 is 10.5 Å². The molecule has 9 heteroatoms. The number of carbonyl (C=O) groups is 3. The van der Waals surface area contributed by atoms with E-state index in [1.54, 1.807) is 20.2 Å². The van der Waals surface area contributed by atoms with Crippen molar-refractivity contribution in [2.75, 3.05) is 20.7 Å². The number of rotatable bonds is 5. The lowest BCUT2D eigenvalue weighted by atomic mass is 9.57. The highest BCUT2D eigenvalue weighted by Gasteiger charge is 2.64. The second kappa shape index (κ2) is 8.00. The number of primary amides is 1. The Bertz CT molecular complexity index is 1120. The molecule has 1 aromatic carbocycles. The first kappa shape index (κ1) is 23.0. The maximum atomic E-state index is 13.7. The first-order valence-electron chi connectivity index (χ1n) is 10.9. The number of hydrogen-bond donors (Lipinski definition) is 4. The summed E-state index contributed by atoms with van der Waals surface area (Å²) >= 11 is 0. The van der Waals surface area contributed by atoms with E-state index >= 15 is 0 Å². The van der Waals surface area contributed by atoms with Gasteiger partial charge in [0.05, 0.1) is 18.2 Å². The molecule has 0 radical (unpaired) electrons. The van der Waals surface area contributed by atoms with Crippen LogP contribution in [0.1, 0.15) is 30.9 Å². The predicted octanol–water partition coefficient (Wildman–Crippen LogP) is 1.05. The summed E-state index contributed by atoms with van der Waals surface area (Å²) in [6, 6.07) is 4.29. The number of ketones is 2. The normalized spacial score (nSPS) is 29.1. The number of aliphatic hydroxyl groups is 3. The van der Waals surface area contributed by atoms with E-state index in [2.05, 4.69) is 0 Å². The molecule has 3 aliphatic carbocycles. The van der Waals surface area contributed by atoms with Gasteiger partial charge in [-0.15, -0.1) is 0 Å². The molecule has 0 bridgehead atoms. The number of amides is 1. The Labute approximate surface area is 191 Å². The molecule has 0 unspecified atom stereocenters. The van der Waals surface area contributed by atoms with Crippen molar-refractivity contribution in [2.45, 2.75) is 37.8 Å². The van der Waals surface area contributed by atoms with E-state index in [-0.39, 0.29) is 17.8 Å². The molecule has 4 rings (SSSR count). The molecule has 1 aromatic rings. The summed E-state index contributed by atoms with van der Waals surface area (Å²) in [4.78, 5) is 40.2. The van der Waals surface area contributed by atoms with Gasteiger partial charge in [0.15, 0.2) is 11.4 Å². The number of Topliss-reactive ketones (excluding diaryl/α,β-unsaturated/α-hetero) is 2. The van der Waals surface area contributed by atoms with Crippen LogP contribution in [0.15, 0.2) is 35.1 Å². The Balaban J connectivity index is 1.93. The molecular weight excluding hydrogens is 428 g/mol. The SMILES string of the molecule is CCCOc1cccc2c1C(O)=C1C(=O)[C@@]3(O)C(O)=C(C(N)=O)C(=O)[C@H](N(C)C)[C@H]3C[C@H]1C2. The molecule has 176 valence electrons. The van der Waals surface area contributed by atoms with E-state index in [0.717, 1.165) is 12.0 Å². The second-order valence-corrected chi connectivity index (χ2v) is 9.10. The van der Waals surface area contributed by atoms with E-state index in [1.807, 2.05) is 19.1 Å². The van der Waals surface area contributed by atoms with Crippen LogP contribution in [0.5, 0.6) is 5.75 Å². The number of fused-ring (bicyclic) bond motifs is 3. The van der Waals surface area contributed by atoms with E-state index < -0.39 is 52.3 Å². The van der Waals surface area contributed by atoms with Gasteiger partial charge >= 0.3 is 0 Å². The number of hydrogen-bond acceptors (Lipinski definition) is 8. The van der Waals surface area contributed by atoms with Gasteiger partial charge in [-0.05, 0) is 50.9 Å². The first-order chi connectivity index (χ1) is 15.5.